The van der Waals surface area contributed by atoms with E-state index in [1.165, 1.54) is 12.1 Å². The molecule has 0 atom stereocenters. The average molecular weight is 398 g/mol. The number of aromatic nitrogens is 2. The molecule has 2 aliphatic heterocycles. The van der Waals surface area contributed by atoms with Crippen molar-refractivity contribution in [1.82, 2.24) is 14.9 Å². The van der Waals surface area contributed by atoms with Crippen molar-refractivity contribution in [3.63, 3.8) is 0 Å². The van der Waals surface area contributed by atoms with Crippen LogP contribution in [-0.2, 0) is 28.9 Å². The number of rotatable bonds is 4. The number of hydrogen-bond acceptors (Lipinski definition) is 5. The molecule has 2 aromatic rings. The van der Waals surface area contributed by atoms with E-state index in [-0.39, 0.29) is 17.6 Å². The van der Waals surface area contributed by atoms with Crippen molar-refractivity contribution in [3.05, 3.63) is 52.7 Å². The molecule has 0 saturated carbocycles. The maximum Gasteiger partial charge on any atom is 0.225 e. The first kappa shape index (κ1) is 19.8. The first-order valence-electron chi connectivity index (χ1n) is 10.3. The quantitative estimate of drug-likeness (QED) is 0.792. The number of ether oxygens (including phenoxy) is 1. The summed E-state index contributed by atoms with van der Waals surface area (Å²) >= 11 is 0. The van der Waals surface area contributed by atoms with Gasteiger partial charge in [0.2, 0.25) is 5.91 Å². The first-order valence-corrected chi connectivity index (χ1v) is 10.3. The monoisotopic (exact) mass is 398 g/mol. The van der Waals surface area contributed by atoms with E-state index in [2.05, 4.69) is 4.90 Å². The van der Waals surface area contributed by atoms with Crippen LogP contribution >= 0.6 is 0 Å². The molecule has 0 aliphatic carbocycles. The Morgan fingerprint density at radius 3 is 2.72 bits per heavy atom. The molecular weight excluding hydrogens is 371 g/mol. The van der Waals surface area contributed by atoms with Crippen LogP contribution in [0.25, 0.3) is 0 Å². The summed E-state index contributed by atoms with van der Waals surface area (Å²) in [5.41, 5.74) is 2.89. The SMILES string of the molecule is CC(C)C(=O)N1CCc2nc(Cc3cccc(F)c3)nc(N3CCOCC3)c2C1. The molecule has 1 fully saturated rings. The molecule has 1 saturated heterocycles. The van der Waals surface area contributed by atoms with Crippen LogP contribution in [0.5, 0.6) is 0 Å². The Balaban J connectivity index is 1.68. The summed E-state index contributed by atoms with van der Waals surface area (Å²) in [5.74, 6) is 1.46. The van der Waals surface area contributed by atoms with Crippen LogP contribution in [0.4, 0.5) is 10.2 Å². The van der Waals surface area contributed by atoms with E-state index in [1.54, 1.807) is 6.07 Å². The number of benzene rings is 1. The number of halogens is 1. The third-order valence-corrected chi connectivity index (χ3v) is 5.45. The molecule has 7 heteroatoms. The van der Waals surface area contributed by atoms with E-state index in [1.807, 2.05) is 24.8 Å². The first-order chi connectivity index (χ1) is 14.0. The van der Waals surface area contributed by atoms with Crippen molar-refractivity contribution in [2.75, 3.05) is 37.7 Å². The molecule has 0 unspecified atom stereocenters. The Kier molecular flexibility index (Phi) is 5.76. The normalized spacial score (nSPS) is 16.8. The highest BCUT2D eigenvalue weighted by Crippen LogP contribution is 2.28. The lowest BCUT2D eigenvalue weighted by Crippen LogP contribution is -2.42. The Hall–Kier alpha value is -2.54. The van der Waals surface area contributed by atoms with Gasteiger partial charge in [-0.1, -0.05) is 26.0 Å². The fourth-order valence-electron chi connectivity index (χ4n) is 3.95. The number of anilines is 1. The van der Waals surface area contributed by atoms with Crippen LogP contribution in [0.1, 0.15) is 36.5 Å². The maximum atomic E-state index is 13.6. The third-order valence-electron chi connectivity index (χ3n) is 5.45. The number of amides is 1. The van der Waals surface area contributed by atoms with Crippen LogP contribution in [0, 0.1) is 11.7 Å². The minimum Gasteiger partial charge on any atom is -0.378 e. The predicted molar refractivity (Wildman–Crippen MR) is 108 cm³/mol. The van der Waals surface area contributed by atoms with E-state index in [4.69, 9.17) is 14.7 Å². The van der Waals surface area contributed by atoms with Gasteiger partial charge in [-0.3, -0.25) is 4.79 Å². The van der Waals surface area contributed by atoms with Crippen molar-refractivity contribution in [1.29, 1.82) is 0 Å². The number of carbonyl (C=O) groups excluding carboxylic acids is 1. The van der Waals surface area contributed by atoms with Gasteiger partial charge in [0.25, 0.3) is 0 Å². The number of carbonyl (C=O) groups is 1. The van der Waals surface area contributed by atoms with E-state index in [0.29, 0.717) is 45.0 Å². The number of nitrogens with zero attached hydrogens (tertiary/aromatic N) is 4. The summed E-state index contributed by atoms with van der Waals surface area (Å²) in [7, 11) is 0. The highest BCUT2D eigenvalue weighted by molar-refractivity contribution is 5.78. The van der Waals surface area contributed by atoms with E-state index < -0.39 is 0 Å². The fourth-order valence-corrected chi connectivity index (χ4v) is 3.95. The molecule has 3 heterocycles. The summed E-state index contributed by atoms with van der Waals surface area (Å²) in [6.07, 6.45) is 1.20. The van der Waals surface area contributed by atoms with Crippen LogP contribution in [0.2, 0.25) is 0 Å². The summed E-state index contributed by atoms with van der Waals surface area (Å²) < 4.78 is 19.1. The zero-order valence-corrected chi connectivity index (χ0v) is 17.0. The lowest BCUT2D eigenvalue weighted by Gasteiger charge is -2.35. The van der Waals surface area contributed by atoms with E-state index in [0.717, 1.165) is 35.7 Å². The summed E-state index contributed by atoms with van der Waals surface area (Å²) in [4.78, 5) is 26.4. The maximum absolute atomic E-state index is 13.6. The van der Waals surface area contributed by atoms with Gasteiger partial charge in [-0.25, -0.2) is 14.4 Å². The van der Waals surface area contributed by atoms with Crippen LogP contribution in [0.3, 0.4) is 0 Å². The zero-order valence-electron chi connectivity index (χ0n) is 17.0. The minimum atomic E-state index is -0.253. The molecule has 0 radical (unpaired) electrons. The van der Waals surface area contributed by atoms with Crippen molar-refractivity contribution in [2.24, 2.45) is 5.92 Å². The summed E-state index contributed by atoms with van der Waals surface area (Å²) in [5, 5.41) is 0. The predicted octanol–water partition coefficient (Wildman–Crippen LogP) is 2.58. The third kappa shape index (κ3) is 4.40. The molecule has 2 aliphatic rings. The molecule has 0 N–H and O–H groups in total. The average Bonchev–Trinajstić information content (AvgIpc) is 2.73. The molecule has 6 nitrogen and oxygen atoms in total. The Bertz CT molecular complexity index is 896. The molecule has 29 heavy (non-hydrogen) atoms. The molecule has 1 amide bonds. The second-order valence-electron chi connectivity index (χ2n) is 7.96. The highest BCUT2D eigenvalue weighted by Gasteiger charge is 2.29. The Labute approximate surface area is 170 Å². The van der Waals surface area contributed by atoms with Crippen LogP contribution < -0.4 is 4.90 Å². The van der Waals surface area contributed by atoms with E-state index in [9.17, 15) is 9.18 Å². The van der Waals surface area contributed by atoms with Crippen molar-refractivity contribution < 1.29 is 13.9 Å². The Morgan fingerprint density at radius 2 is 2.00 bits per heavy atom. The van der Waals surface area contributed by atoms with Crippen molar-refractivity contribution >= 4 is 11.7 Å². The standard InChI is InChI=1S/C22H27FN4O2/c1-15(2)22(28)27-7-6-19-18(14-27)21(26-8-10-29-11-9-26)25-20(24-19)13-16-4-3-5-17(23)12-16/h3-5,12,15H,6-11,13-14H2,1-2H3. The van der Waals surface area contributed by atoms with Gasteiger partial charge in [0, 0.05) is 44.0 Å². The van der Waals surface area contributed by atoms with Gasteiger partial charge in [0.1, 0.15) is 17.5 Å². The zero-order chi connectivity index (χ0) is 20.4. The van der Waals surface area contributed by atoms with Gasteiger partial charge in [0.05, 0.1) is 25.5 Å². The van der Waals surface area contributed by atoms with Gasteiger partial charge >= 0.3 is 0 Å². The van der Waals surface area contributed by atoms with Crippen molar-refractivity contribution in [3.8, 4) is 0 Å². The molecule has 1 aromatic heterocycles. The lowest BCUT2D eigenvalue weighted by atomic mass is 10.0. The topological polar surface area (TPSA) is 58.6 Å². The Morgan fingerprint density at radius 1 is 1.21 bits per heavy atom. The van der Waals surface area contributed by atoms with Crippen LogP contribution in [0.15, 0.2) is 24.3 Å². The molecule has 154 valence electrons. The second-order valence-corrected chi connectivity index (χ2v) is 7.96. The fraction of sp³-hybridized carbons (Fsp3) is 0.500. The summed E-state index contributed by atoms with van der Waals surface area (Å²) in [6.45, 7) is 7.92. The second kappa shape index (κ2) is 8.45. The molecule has 4 rings (SSSR count). The van der Waals surface area contributed by atoms with E-state index >= 15 is 0 Å². The van der Waals surface area contributed by atoms with Gasteiger partial charge in [-0.05, 0) is 17.7 Å². The van der Waals surface area contributed by atoms with Gasteiger partial charge < -0.3 is 14.5 Å². The highest BCUT2D eigenvalue weighted by atomic mass is 19.1. The minimum absolute atomic E-state index is 0.0310. The number of morpholine rings is 1. The lowest BCUT2D eigenvalue weighted by molar-refractivity contribution is -0.135. The smallest absolute Gasteiger partial charge is 0.225 e. The molecule has 0 spiro atoms. The van der Waals surface area contributed by atoms with Gasteiger partial charge in [0.15, 0.2) is 0 Å². The molecule has 0 bridgehead atoms. The number of fused-ring (bicyclic) bond motifs is 1. The van der Waals surface area contributed by atoms with Gasteiger partial charge in [-0.2, -0.15) is 0 Å². The largest absolute Gasteiger partial charge is 0.378 e. The molecular formula is C22H27FN4O2. The van der Waals surface area contributed by atoms with Crippen LogP contribution in [-0.4, -0.2) is 53.6 Å². The number of hydrogen-bond donors (Lipinski definition) is 0. The van der Waals surface area contributed by atoms with Crippen molar-refractivity contribution in [2.45, 2.75) is 33.2 Å². The molecule has 1 aromatic carbocycles. The van der Waals surface area contributed by atoms with Gasteiger partial charge in [-0.15, -0.1) is 0 Å². The summed E-state index contributed by atoms with van der Waals surface area (Å²) in [6, 6.07) is 6.57.